The lowest BCUT2D eigenvalue weighted by Crippen LogP contribution is -2.33. The lowest BCUT2D eigenvalue weighted by atomic mass is 10.0. The molecule has 1 aromatic carbocycles. The van der Waals surface area contributed by atoms with Crippen molar-refractivity contribution in [3.63, 3.8) is 0 Å². The first-order valence-corrected chi connectivity index (χ1v) is 9.43. The number of fused-ring (bicyclic) bond motifs is 1. The van der Waals surface area contributed by atoms with Crippen LogP contribution in [0.2, 0.25) is 5.02 Å². The van der Waals surface area contributed by atoms with Crippen LogP contribution in [0.15, 0.2) is 45.0 Å². The van der Waals surface area contributed by atoms with E-state index in [9.17, 15) is 9.59 Å². The van der Waals surface area contributed by atoms with Gasteiger partial charge >= 0.3 is 5.69 Å². The summed E-state index contributed by atoms with van der Waals surface area (Å²) in [6.45, 7) is 3.68. The largest absolute Gasteiger partial charge is 0.436 e. The molecule has 0 saturated carbocycles. The molecule has 2 aromatic rings. The molecule has 0 saturated heterocycles. The van der Waals surface area contributed by atoms with Gasteiger partial charge in [-0.25, -0.2) is 9.21 Å². The van der Waals surface area contributed by atoms with Crippen molar-refractivity contribution in [2.45, 2.75) is 13.8 Å². The molecule has 0 amide bonds. The van der Waals surface area contributed by atoms with Gasteiger partial charge in [-0.1, -0.05) is 25.4 Å². The molecule has 0 aliphatic carbocycles. The Morgan fingerprint density at radius 3 is 2.65 bits per heavy atom. The number of aromatic nitrogens is 3. The number of anilines is 1. The molecule has 31 heavy (non-hydrogen) atoms. The number of nitrogens with one attached hydrogen (secondary N) is 2. The van der Waals surface area contributed by atoms with E-state index in [1.54, 1.807) is 6.07 Å². The number of nitriles is 1. The smallest absolute Gasteiger partial charge is 0.349 e. The van der Waals surface area contributed by atoms with E-state index in [1.165, 1.54) is 18.2 Å². The Morgan fingerprint density at radius 2 is 2.06 bits per heavy atom. The number of aromatic amines is 1. The summed E-state index contributed by atoms with van der Waals surface area (Å²) >= 11 is 12.7. The monoisotopic (exact) mass is 462 g/mol. The molecular weight excluding hydrogens is 447 g/mol. The van der Waals surface area contributed by atoms with Crippen LogP contribution in [0.3, 0.4) is 0 Å². The molecule has 6 N–H and O–H groups in total. The highest BCUT2D eigenvalue weighted by atomic mass is 35.5. The molecule has 1 aliphatic heterocycles. The number of benzene rings is 1. The minimum Gasteiger partial charge on any atom is -0.436 e. The van der Waals surface area contributed by atoms with Gasteiger partial charge in [0.05, 0.1) is 10.7 Å². The highest BCUT2D eigenvalue weighted by Gasteiger charge is 2.30. The third-order valence-electron chi connectivity index (χ3n) is 4.29. The number of hydrogen-bond donors (Lipinski definition) is 4. The maximum absolute atomic E-state index is 12.2. The maximum atomic E-state index is 12.2. The van der Waals surface area contributed by atoms with Crippen molar-refractivity contribution in [3.8, 4) is 17.5 Å². The second kappa shape index (κ2) is 8.17. The Kier molecular flexibility index (Phi) is 5.79. The van der Waals surface area contributed by atoms with E-state index in [2.05, 4.69) is 5.10 Å². The molecule has 2 heterocycles. The highest BCUT2D eigenvalue weighted by Crippen LogP contribution is 2.46. The summed E-state index contributed by atoms with van der Waals surface area (Å²) in [6, 6.07) is 4.38. The van der Waals surface area contributed by atoms with Gasteiger partial charge in [-0.3, -0.25) is 15.2 Å². The zero-order valence-electron chi connectivity index (χ0n) is 16.2. The zero-order chi connectivity index (χ0) is 23.0. The Morgan fingerprint density at radius 1 is 1.39 bits per heavy atom. The summed E-state index contributed by atoms with van der Waals surface area (Å²) in [4.78, 5) is 25.8. The fourth-order valence-electron chi connectivity index (χ4n) is 2.68. The van der Waals surface area contributed by atoms with Crippen LogP contribution in [0.5, 0.6) is 5.75 Å². The van der Waals surface area contributed by atoms with Gasteiger partial charge in [0.1, 0.15) is 17.6 Å². The number of allylic oxidation sites excluding steroid dienone is 1. The van der Waals surface area contributed by atoms with Crippen molar-refractivity contribution < 1.29 is 4.74 Å². The van der Waals surface area contributed by atoms with Crippen LogP contribution in [0.4, 0.5) is 5.69 Å². The lowest BCUT2D eigenvalue weighted by Gasteiger charge is -2.13. The molecule has 0 unspecified atom stereocenters. The quantitative estimate of drug-likeness (QED) is 0.299. The first-order valence-electron chi connectivity index (χ1n) is 8.72. The molecule has 13 heteroatoms. The van der Waals surface area contributed by atoms with Crippen molar-refractivity contribution in [2.24, 2.45) is 17.4 Å². The predicted molar refractivity (Wildman–Crippen MR) is 115 cm³/mol. The van der Waals surface area contributed by atoms with E-state index in [0.717, 1.165) is 9.10 Å². The van der Waals surface area contributed by atoms with Crippen LogP contribution in [-0.4, -0.2) is 20.6 Å². The number of nitrogens with zero attached hydrogens (tertiary/aromatic N) is 4. The van der Waals surface area contributed by atoms with E-state index in [0.29, 0.717) is 5.70 Å². The molecule has 3 rings (SSSR count). The number of rotatable bonds is 4. The van der Waals surface area contributed by atoms with Crippen molar-refractivity contribution in [1.29, 1.82) is 10.7 Å². The van der Waals surface area contributed by atoms with E-state index >= 15 is 0 Å². The second-order valence-electron chi connectivity index (χ2n) is 6.71. The minimum absolute atomic E-state index is 0.0732. The van der Waals surface area contributed by atoms with E-state index in [4.69, 9.17) is 50.3 Å². The number of hydrogen-bond acceptors (Lipinski definition) is 8. The topological polar surface area (TPSA) is 180 Å². The number of H-pyrrole nitrogens is 1. The van der Waals surface area contributed by atoms with Crippen LogP contribution in [0, 0.1) is 22.7 Å². The average Bonchev–Trinajstić information content (AvgIpc) is 3.01. The summed E-state index contributed by atoms with van der Waals surface area (Å²) in [5.74, 6) is -0.117. The van der Waals surface area contributed by atoms with Gasteiger partial charge in [-0.05, 0) is 18.1 Å². The zero-order valence-corrected chi connectivity index (χ0v) is 17.7. The van der Waals surface area contributed by atoms with Crippen LogP contribution < -0.4 is 31.9 Å². The van der Waals surface area contributed by atoms with E-state index < -0.39 is 16.9 Å². The van der Waals surface area contributed by atoms with E-state index in [1.807, 2.05) is 18.8 Å². The standard InChI is InChI=1S/C18H16Cl2N8O3/c1-7(2)14(22)9(16(23)24)5-13-27(20)12-4-8(3-10(19)15(12)31-13)28-18(30)25-17(29)11(6-21)26-28/h3-5,7H,22H2,1-2H3,(H3,23,24)(H,25,29,30)/b13-5+,14-9-. The van der Waals surface area contributed by atoms with Gasteiger partial charge in [-0.2, -0.15) is 9.94 Å². The van der Waals surface area contributed by atoms with Gasteiger partial charge in [0, 0.05) is 29.1 Å². The van der Waals surface area contributed by atoms with Gasteiger partial charge in [0.2, 0.25) is 11.6 Å². The predicted octanol–water partition coefficient (Wildman–Crippen LogP) is 1.44. The molecule has 11 nitrogen and oxygen atoms in total. The SMILES string of the molecule is CC(C)/C(N)=C(\C=C1\Oc2c(Cl)cc(-n3nc(C#N)c(=O)[nH]c3=O)cc2N1Cl)C(=N)N. The van der Waals surface area contributed by atoms with Crippen LogP contribution >= 0.6 is 23.4 Å². The molecule has 1 aliphatic rings. The van der Waals surface area contributed by atoms with Crippen LogP contribution in [0.25, 0.3) is 5.69 Å². The number of halogens is 2. The van der Waals surface area contributed by atoms with Crippen molar-refractivity contribution >= 4 is 34.9 Å². The third kappa shape index (κ3) is 3.98. The van der Waals surface area contributed by atoms with Gasteiger partial charge in [-0.15, -0.1) is 5.10 Å². The summed E-state index contributed by atoms with van der Waals surface area (Å²) in [5, 5.41) is 20.6. The summed E-state index contributed by atoms with van der Waals surface area (Å²) < 4.78 is 7.61. The van der Waals surface area contributed by atoms with Crippen LogP contribution in [0.1, 0.15) is 19.5 Å². The summed E-state index contributed by atoms with van der Waals surface area (Å²) in [7, 11) is 0. The fraction of sp³-hybridized carbons (Fsp3) is 0.167. The van der Waals surface area contributed by atoms with Crippen molar-refractivity contribution in [1.82, 2.24) is 14.8 Å². The Labute approximate surface area is 185 Å². The van der Waals surface area contributed by atoms with Gasteiger partial charge in [0.25, 0.3) is 5.56 Å². The van der Waals surface area contributed by atoms with Gasteiger partial charge in [0.15, 0.2) is 5.75 Å². The highest BCUT2D eigenvalue weighted by molar-refractivity contribution is 6.34. The average molecular weight is 463 g/mol. The third-order valence-corrected chi connectivity index (χ3v) is 4.92. The minimum atomic E-state index is -0.908. The number of nitrogens with two attached hydrogens (primary N) is 2. The van der Waals surface area contributed by atoms with E-state index in [-0.39, 0.29) is 45.4 Å². The molecular formula is C18H16Cl2N8O3. The molecule has 1 aromatic heterocycles. The second-order valence-corrected chi connectivity index (χ2v) is 7.46. The first kappa shape index (κ1) is 21.9. The fourth-order valence-corrected chi connectivity index (χ4v) is 3.14. The number of ether oxygens (including phenoxy) is 1. The first-order chi connectivity index (χ1) is 14.5. The summed E-state index contributed by atoms with van der Waals surface area (Å²) in [6.07, 6.45) is 1.40. The molecule has 0 fully saturated rings. The molecule has 0 radical (unpaired) electrons. The van der Waals surface area contributed by atoms with Crippen LogP contribution in [-0.2, 0) is 0 Å². The van der Waals surface area contributed by atoms with Gasteiger partial charge < -0.3 is 16.2 Å². The molecule has 0 atom stereocenters. The molecule has 160 valence electrons. The Balaban J connectivity index is 2.13. The molecule has 0 spiro atoms. The maximum Gasteiger partial charge on any atom is 0.349 e. The van der Waals surface area contributed by atoms with Crippen molar-refractivity contribution in [3.05, 3.63) is 66.9 Å². The summed E-state index contributed by atoms with van der Waals surface area (Å²) in [5.41, 5.74) is 10.4. The lowest BCUT2D eigenvalue weighted by molar-refractivity contribution is 0.450. The Hall–Kier alpha value is -3.75. The van der Waals surface area contributed by atoms with Crippen molar-refractivity contribution in [2.75, 3.05) is 4.42 Å². The Bertz CT molecular complexity index is 1320. The molecule has 0 bridgehead atoms. The normalized spacial score (nSPS) is 14.8. The number of amidine groups is 1.